The van der Waals surface area contributed by atoms with Gasteiger partial charge in [-0.2, -0.15) is 0 Å². The summed E-state index contributed by atoms with van der Waals surface area (Å²) in [6.45, 7) is 7.13. The van der Waals surface area contributed by atoms with E-state index in [0.717, 1.165) is 20.4 Å². The van der Waals surface area contributed by atoms with E-state index in [1.54, 1.807) is 20.8 Å². The van der Waals surface area contributed by atoms with Gasteiger partial charge in [-0.05, 0) is 73.5 Å². The van der Waals surface area contributed by atoms with Gasteiger partial charge in [0, 0.05) is 6.42 Å². The summed E-state index contributed by atoms with van der Waals surface area (Å²) in [5.41, 5.74) is 1.19. The molecule has 0 aliphatic rings. The summed E-state index contributed by atoms with van der Waals surface area (Å²) in [5.74, 6) is -0.391. The highest BCUT2D eigenvalue weighted by molar-refractivity contribution is 14.1. The van der Waals surface area contributed by atoms with Crippen LogP contribution in [0.5, 0.6) is 5.75 Å². The maximum Gasteiger partial charge on any atom is 0.408 e. The number of esters is 1. The molecule has 0 aromatic heterocycles. The Kier molecular flexibility index (Phi) is 10.2. The molecule has 2 atom stereocenters. The van der Waals surface area contributed by atoms with Crippen LogP contribution in [0, 0.1) is 3.57 Å². The summed E-state index contributed by atoms with van der Waals surface area (Å²) in [6.07, 6.45) is -0.502. The molecular formula is C25H31IN2O6. The molecule has 2 unspecified atom stereocenters. The Bertz CT molecular complexity index is 991. The summed E-state index contributed by atoms with van der Waals surface area (Å²) in [6, 6.07) is 13.6. The van der Waals surface area contributed by atoms with Crippen LogP contribution in [0.25, 0.3) is 0 Å². The third kappa shape index (κ3) is 9.20. The molecule has 2 aromatic rings. The number of ether oxygens (including phenoxy) is 3. The van der Waals surface area contributed by atoms with Crippen LogP contribution in [-0.2, 0) is 32.1 Å². The van der Waals surface area contributed by atoms with Gasteiger partial charge in [0.15, 0.2) is 0 Å². The molecule has 8 nitrogen and oxygen atoms in total. The van der Waals surface area contributed by atoms with Gasteiger partial charge in [-0.3, -0.25) is 4.79 Å². The van der Waals surface area contributed by atoms with Crippen molar-refractivity contribution in [1.29, 1.82) is 0 Å². The molecule has 0 saturated heterocycles. The molecule has 0 aliphatic carbocycles. The molecule has 0 heterocycles. The van der Waals surface area contributed by atoms with Crippen molar-refractivity contribution in [1.82, 2.24) is 10.6 Å². The first-order valence-corrected chi connectivity index (χ1v) is 11.9. The Balaban J connectivity index is 2.01. The van der Waals surface area contributed by atoms with Gasteiger partial charge < -0.3 is 24.8 Å². The molecular weight excluding hydrogens is 551 g/mol. The van der Waals surface area contributed by atoms with E-state index in [1.165, 1.54) is 14.0 Å². The lowest BCUT2D eigenvalue weighted by atomic mass is 10.1. The minimum atomic E-state index is -0.924. The first-order valence-electron chi connectivity index (χ1n) is 10.8. The number of hydrogen-bond acceptors (Lipinski definition) is 6. The van der Waals surface area contributed by atoms with E-state index in [1.807, 2.05) is 48.5 Å². The molecule has 2 N–H and O–H groups in total. The number of hydrogen-bond donors (Lipinski definition) is 2. The second-order valence-corrected chi connectivity index (χ2v) is 9.86. The van der Waals surface area contributed by atoms with Gasteiger partial charge in [0.2, 0.25) is 5.91 Å². The van der Waals surface area contributed by atoms with Crippen molar-refractivity contribution in [2.75, 3.05) is 7.11 Å². The van der Waals surface area contributed by atoms with Gasteiger partial charge in [-0.15, -0.1) is 0 Å². The number of benzene rings is 2. The summed E-state index contributed by atoms with van der Waals surface area (Å²) < 4.78 is 16.8. The number of methoxy groups -OCH3 is 1. The van der Waals surface area contributed by atoms with E-state index >= 15 is 0 Å². The number of nitrogens with one attached hydrogen (secondary N) is 2. The number of carbonyl (C=O) groups excluding carboxylic acids is 3. The number of amides is 2. The fraction of sp³-hybridized carbons (Fsp3) is 0.400. The van der Waals surface area contributed by atoms with E-state index in [9.17, 15) is 14.4 Å². The van der Waals surface area contributed by atoms with Crippen molar-refractivity contribution < 1.29 is 28.6 Å². The zero-order chi connectivity index (χ0) is 25.3. The second kappa shape index (κ2) is 12.6. The molecule has 184 valence electrons. The highest BCUT2D eigenvalue weighted by Gasteiger charge is 2.27. The van der Waals surface area contributed by atoms with Crippen molar-refractivity contribution in [3.05, 3.63) is 63.2 Å². The molecule has 34 heavy (non-hydrogen) atoms. The zero-order valence-electron chi connectivity index (χ0n) is 20.0. The van der Waals surface area contributed by atoms with Crippen molar-refractivity contribution in [3.8, 4) is 5.75 Å². The SMILES string of the molecule is COC(=O)C(Cc1ccc(OCc2ccccc2)c(I)c1)NC(=O)C(C)NC(=O)OC(C)(C)C. The molecule has 0 bridgehead atoms. The summed E-state index contributed by atoms with van der Waals surface area (Å²) >= 11 is 2.17. The van der Waals surface area contributed by atoms with Crippen LogP contribution in [0.3, 0.4) is 0 Å². The molecule has 0 fully saturated rings. The lowest BCUT2D eigenvalue weighted by molar-refractivity contribution is -0.145. The third-order valence-electron chi connectivity index (χ3n) is 4.60. The number of alkyl carbamates (subject to hydrolysis) is 1. The summed E-state index contributed by atoms with van der Waals surface area (Å²) in [5, 5.41) is 5.11. The van der Waals surface area contributed by atoms with Crippen molar-refractivity contribution in [2.45, 2.75) is 58.4 Å². The van der Waals surface area contributed by atoms with Crippen molar-refractivity contribution >= 4 is 40.6 Å². The fourth-order valence-electron chi connectivity index (χ4n) is 2.94. The number of carbonyl (C=O) groups is 3. The van der Waals surface area contributed by atoms with E-state index in [0.29, 0.717) is 6.61 Å². The minimum Gasteiger partial charge on any atom is -0.488 e. The molecule has 2 aromatic carbocycles. The molecule has 0 saturated carbocycles. The average Bonchev–Trinajstić information content (AvgIpc) is 2.76. The van der Waals surface area contributed by atoms with Gasteiger partial charge in [0.1, 0.15) is 30.0 Å². The van der Waals surface area contributed by atoms with Crippen LogP contribution < -0.4 is 15.4 Å². The second-order valence-electron chi connectivity index (χ2n) is 8.70. The van der Waals surface area contributed by atoms with Gasteiger partial charge in [-0.25, -0.2) is 9.59 Å². The Labute approximate surface area is 213 Å². The standard InChI is InChI=1S/C25H31IN2O6/c1-16(27-24(31)34-25(2,3)4)22(29)28-20(23(30)32-5)14-18-11-12-21(19(26)13-18)33-15-17-9-7-6-8-10-17/h6-13,16,20H,14-15H2,1-5H3,(H,27,31)(H,28,29). The lowest BCUT2D eigenvalue weighted by Gasteiger charge is -2.23. The molecule has 9 heteroatoms. The fourth-order valence-corrected chi connectivity index (χ4v) is 3.68. The topological polar surface area (TPSA) is 103 Å². The molecule has 2 rings (SSSR count). The van der Waals surface area contributed by atoms with Crippen LogP contribution in [0.1, 0.15) is 38.8 Å². The molecule has 0 spiro atoms. The lowest BCUT2D eigenvalue weighted by Crippen LogP contribution is -2.52. The average molecular weight is 582 g/mol. The maximum atomic E-state index is 12.6. The highest BCUT2D eigenvalue weighted by atomic mass is 127. The predicted octanol–water partition coefficient (Wildman–Crippen LogP) is 3.98. The molecule has 0 radical (unpaired) electrons. The monoisotopic (exact) mass is 582 g/mol. The van der Waals surface area contributed by atoms with Crippen LogP contribution in [0.2, 0.25) is 0 Å². The minimum absolute atomic E-state index is 0.215. The molecule has 2 amide bonds. The first-order chi connectivity index (χ1) is 16.0. The van der Waals surface area contributed by atoms with E-state index in [4.69, 9.17) is 14.2 Å². The zero-order valence-corrected chi connectivity index (χ0v) is 22.2. The Hall–Kier alpha value is -2.82. The quantitative estimate of drug-likeness (QED) is 0.343. The first kappa shape index (κ1) is 27.4. The van der Waals surface area contributed by atoms with Crippen molar-refractivity contribution in [2.24, 2.45) is 0 Å². The van der Waals surface area contributed by atoms with Gasteiger partial charge >= 0.3 is 12.1 Å². The van der Waals surface area contributed by atoms with E-state index in [-0.39, 0.29) is 6.42 Å². The summed E-state index contributed by atoms with van der Waals surface area (Å²) in [7, 11) is 1.26. The smallest absolute Gasteiger partial charge is 0.408 e. The van der Waals surface area contributed by atoms with Crippen molar-refractivity contribution in [3.63, 3.8) is 0 Å². The Morgan fingerprint density at radius 3 is 2.26 bits per heavy atom. The van der Waals surface area contributed by atoms with Crippen LogP contribution >= 0.6 is 22.6 Å². The summed E-state index contributed by atoms with van der Waals surface area (Å²) in [4.78, 5) is 36.9. The number of halogens is 1. The van der Waals surface area contributed by atoms with E-state index in [2.05, 4.69) is 33.2 Å². The Morgan fingerprint density at radius 2 is 1.68 bits per heavy atom. The highest BCUT2D eigenvalue weighted by Crippen LogP contribution is 2.24. The van der Waals surface area contributed by atoms with Gasteiger partial charge in [0.05, 0.1) is 10.7 Å². The predicted molar refractivity (Wildman–Crippen MR) is 136 cm³/mol. The third-order valence-corrected chi connectivity index (χ3v) is 5.45. The number of rotatable bonds is 9. The normalized spacial score (nSPS) is 12.8. The van der Waals surface area contributed by atoms with Crippen LogP contribution in [0.15, 0.2) is 48.5 Å². The largest absolute Gasteiger partial charge is 0.488 e. The maximum absolute atomic E-state index is 12.6. The van der Waals surface area contributed by atoms with Crippen LogP contribution in [0.4, 0.5) is 4.79 Å². The Morgan fingerprint density at radius 1 is 1.00 bits per heavy atom. The van der Waals surface area contributed by atoms with E-state index < -0.39 is 35.7 Å². The van der Waals surface area contributed by atoms with Gasteiger partial charge in [0.25, 0.3) is 0 Å². The van der Waals surface area contributed by atoms with Gasteiger partial charge in [-0.1, -0.05) is 36.4 Å². The van der Waals surface area contributed by atoms with Crippen LogP contribution in [-0.4, -0.2) is 42.8 Å². The molecule has 0 aliphatic heterocycles.